The lowest BCUT2D eigenvalue weighted by molar-refractivity contribution is 0.521. The molecule has 0 unspecified atom stereocenters. The summed E-state index contributed by atoms with van der Waals surface area (Å²) < 4.78 is 0. The van der Waals surface area contributed by atoms with Gasteiger partial charge < -0.3 is 11.1 Å². The minimum Gasteiger partial charge on any atom is -0.349 e. The third-order valence-electron chi connectivity index (χ3n) is 2.69. The largest absolute Gasteiger partial charge is 0.349 e. The van der Waals surface area contributed by atoms with Gasteiger partial charge in [0.25, 0.3) is 0 Å². The lowest BCUT2D eigenvalue weighted by Crippen LogP contribution is -2.34. The fraction of sp³-hybridized carbons (Fsp3) is 0.692. The predicted octanol–water partition coefficient (Wildman–Crippen LogP) is 2.45. The van der Waals surface area contributed by atoms with E-state index in [-0.39, 0.29) is 5.54 Å². The van der Waals surface area contributed by atoms with Crippen molar-refractivity contribution in [2.45, 2.75) is 52.5 Å². The molecule has 0 amide bonds. The number of aromatic nitrogens is 2. The molecule has 0 saturated carbocycles. The maximum Gasteiger partial charge on any atom is 0.223 e. The SMILES string of the molecule is Cc1cc(C(C)C)nc(NC(C)(C)CCN)n1. The summed E-state index contributed by atoms with van der Waals surface area (Å²) in [6.45, 7) is 11.1. The molecule has 0 atom stereocenters. The summed E-state index contributed by atoms with van der Waals surface area (Å²) >= 11 is 0. The van der Waals surface area contributed by atoms with E-state index in [4.69, 9.17) is 5.73 Å². The molecule has 1 heterocycles. The Morgan fingerprint density at radius 3 is 2.53 bits per heavy atom. The van der Waals surface area contributed by atoms with Crippen molar-refractivity contribution in [3.05, 3.63) is 17.5 Å². The van der Waals surface area contributed by atoms with Gasteiger partial charge in [-0.3, -0.25) is 0 Å². The molecular formula is C13H24N4. The van der Waals surface area contributed by atoms with E-state index in [0.29, 0.717) is 18.4 Å². The molecule has 0 bridgehead atoms. The average Bonchev–Trinajstić information content (AvgIpc) is 2.15. The van der Waals surface area contributed by atoms with Gasteiger partial charge in [0.1, 0.15) is 0 Å². The molecule has 0 aromatic carbocycles. The van der Waals surface area contributed by atoms with Crippen LogP contribution in [0.15, 0.2) is 6.07 Å². The van der Waals surface area contributed by atoms with Gasteiger partial charge in [0.2, 0.25) is 5.95 Å². The first-order valence-corrected chi connectivity index (χ1v) is 6.18. The van der Waals surface area contributed by atoms with E-state index >= 15 is 0 Å². The van der Waals surface area contributed by atoms with E-state index in [0.717, 1.165) is 17.8 Å². The molecule has 0 saturated heterocycles. The van der Waals surface area contributed by atoms with Crippen molar-refractivity contribution >= 4 is 5.95 Å². The Bertz CT molecular complexity index is 372. The van der Waals surface area contributed by atoms with Crippen LogP contribution < -0.4 is 11.1 Å². The van der Waals surface area contributed by atoms with E-state index in [1.165, 1.54) is 0 Å². The second-order valence-electron chi connectivity index (χ2n) is 5.46. The van der Waals surface area contributed by atoms with Crippen molar-refractivity contribution in [1.29, 1.82) is 0 Å². The zero-order valence-corrected chi connectivity index (χ0v) is 11.5. The van der Waals surface area contributed by atoms with Crippen molar-refractivity contribution < 1.29 is 0 Å². The maximum absolute atomic E-state index is 5.60. The predicted molar refractivity (Wildman–Crippen MR) is 72.2 cm³/mol. The normalized spacial score (nSPS) is 11.9. The molecule has 0 aliphatic heterocycles. The van der Waals surface area contributed by atoms with Gasteiger partial charge in [-0.15, -0.1) is 0 Å². The molecule has 1 rings (SSSR count). The van der Waals surface area contributed by atoms with Gasteiger partial charge in [0.15, 0.2) is 0 Å². The van der Waals surface area contributed by atoms with E-state index in [9.17, 15) is 0 Å². The van der Waals surface area contributed by atoms with Crippen LogP contribution in [0.5, 0.6) is 0 Å². The van der Waals surface area contributed by atoms with E-state index in [1.54, 1.807) is 0 Å². The Hall–Kier alpha value is -1.16. The van der Waals surface area contributed by atoms with Crippen molar-refractivity contribution in [2.75, 3.05) is 11.9 Å². The number of rotatable bonds is 5. The second kappa shape index (κ2) is 5.45. The van der Waals surface area contributed by atoms with Crippen LogP contribution >= 0.6 is 0 Å². The fourth-order valence-electron chi connectivity index (χ4n) is 1.67. The molecular weight excluding hydrogens is 212 g/mol. The maximum atomic E-state index is 5.60. The van der Waals surface area contributed by atoms with Crippen LogP contribution in [-0.2, 0) is 0 Å². The van der Waals surface area contributed by atoms with E-state index < -0.39 is 0 Å². The molecule has 1 aromatic heterocycles. The van der Waals surface area contributed by atoms with Gasteiger partial charge in [-0.05, 0) is 45.7 Å². The average molecular weight is 236 g/mol. The third kappa shape index (κ3) is 4.30. The lowest BCUT2D eigenvalue weighted by atomic mass is 10.0. The number of nitrogens with one attached hydrogen (secondary N) is 1. The molecule has 4 heteroatoms. The monoisotopic (exact) mass is 236 g/mol. The molecule has 0 aliphatic carbocycles. The molecule has 0 radical (unpaired) electrons. The highest BCUT2D eigenvalue weighted by Gasteiger charge is 2.18. The summed E-state index contributed by atoms with van der Waals surface area (Å²) in [7, 11) is 0. The Labute approximate surface area is 104 Å². The van der Waals surface area contributed by atoms with Crippen LogP contribution in [0.1, 0.15) is 51.4 Å². The standard InChI is InChI=1S/C13H24N4/c1-9(2)11-8-10(3)15-12(16-11)17-13(4,5)6-7-14/h8-9H,6-7,14H2,1-5H3,(H,15,16,17). The number of nitrogens with two attached hydrogens (primary N) is 1. The van der Waals surface area contributed by atoms with Crippen LogP contribution in [-0.4, -0.2) is 22.1 Å². The smallest absolute Gasteiger partial charge is 0.223 e. The van der Waals surface area contributed by atoms with Gasteiger partial charge in [0, 0.05) is 16.9 Å². The molecule has 3 N–H and O–H groups in total. The first kappa shape index (κ1) is 13.9. The van der Waals surface area contributed by atoms with Crippen LogP contribution in [0.25, 0.3) is 0 Å². The van der Waals surface area contributed by atoms with Crippen molar-refractivity contribution in [3.63, 3.8) is 0 Å². The zero-order valence-electron chi connectivity index (χ0n) is 11.5. The van der Waals surface area contributed by atoms with Gasteiger partial charge in [-0.1, -0.05) is 13.8 Å². The minimum atomic E-state index is -0.0726. The Morgan fingerprint density at radius 2 is 2.00 bits per heavy atom. The third-order valence-corrected chi connectivity index (χ3v) is 2.69. The van der Waals surface area contributed by atoms with Gasteiger partial charge in [0.05, 0.1) is 0 Å². The highest BCUT2D eigenvalue weighted by atomic mass is 15.1. The Morgan fingerprint density at radius 1 is 1.35 bits per heavy atom. The van der Waals surface area contributed by atoms with Crippen molar-refractivity contribution in [3.8, 4) is 0 Å². The van der Waals surface area contributed by atoms with Crippen molar-refractivity contribution in [2.24, 2.45) is 5.73 Å². The summed E-state index contributed by atoms with van der Waals surface area (Å²) in [6, 6.07) is 2.03. The fourth-order valence-corrected chi connectivity index (χ4v) is 1.67. The summed E-state index contributed by atoms with van der Waals surface area (Å²) in [5, 5.41) is 3.35. The lowest BCUT2D eigenvalue weighted by Gasteiger charge is -2.26. The topological polar surface area (TPSA) is 63.8 Å². The Balaban J connectivity index is 2.91. The summed E-state index contributed by atoms with van der Waals surface area (Å²) in [5.74, 6) is 1.11. The summed E-state index contributed by atoms with van der Waals surface area (Å²) in [6.07, 6.45) is 0.890. The first-order chi connectivity index (χ1) is 7.84. The zero-order chi connectivity index (χ0) is 13.1. The molecule has 1 aromatic rings. The number of aryl methyl sites for hydroxylation is 1. The molecule has 17 heavy (non-hydrogen) atoms. The quantitative estimate of drug-likeness (QED) is 0.824. The van der Waals surface area contributed by atoms with Gasteiger partial charge in [-0.2, -0.15) is 0 Å². The van der Waals surface area contributed by atoms with Crippen LogP contribution in [0.2, 0.25) is 0 Å². The summed E-state index contributed by atoms with van der Waals surface area (Å²) in [4.78, 5) is 8.96. The number of nitrogens with zero attached hydrogens (tertiary/aromatic N) is 2. The van der Waals surface area contributed by atoms with E-state index in [2.05, 4.69) is 43.0 Å². The highest BCUT2D eigenvalue weighted by molar-refractivity contribution is 5.32. The molecule has 0 fully saturated rings. The first-order valence-electron chi connectivity index (χ1n) is 6.18. The Kier molecular flexibility index (Phi) is 4.46. The van der Waals surface area contributed by atoms with Crippen LogP contribution in [0, 0.1) is 6.92 Å². The highest BCUT2D eigenvalue weighted by Crippen LogP contribution is 2.18. The molecule has 4 nitrogen and oxygen atoms in total. The van der Waals surface area contributed by atoms with Crippen LogP contribution in [0.4, 0.5) is 5.95 Å². The van der Waals surface area contributed by atoms with Gasteiger partial charge >= 0.3 is 0 Å². The molecule has 96 valence electrons. The van der Waals surface area contributed by atoms with Gasteiger partial charge in [-0.25, -0.2) is 9.97 Å². The second-order valence-corrected chi connectivity index (χ2v) is 5.46. The summed E-state index contributed by atoms with van der Waals surface area (Å²) in [5.41, 5.74) is 7.59. The molecule has 0 aliphatic rings. The number of hydrogen-bond acceptors (Lipinski definition) is 4. The van der Waals surface area contributed by atoms with E-state index in [1.807, 2.05) is 13.0 Å². The number of anilines is 1. The minimum absolute atomic E-state index is 0.0726. The van der Waals surface area contributed by atoms with Crippen LogP contribution in [0.3, 0.4) is 0 Å². The number of hydrogen-bond donors (Lipinski definition) is 2. The van der Waals surface area contributed by atoms with Crippen molar-refractivity contribution in [1.82, 2.24) is 9.97 Å². The molecule has 0 spiro atoms.